The van der Waals surface area contributed by atoms with Gasteiger partial charge in [0.25, 0.3) is 0 Å². The molecule has 0 amide bonds. The topological polar surface area (TPSA) is 0 Å². The van der Waals surface area contributed by atoms with Crippen LogP contribution in [0.25, 0.3) is 0 Å². The summed E-state index contributed by atoms with van der Waals surface area (Å²) in [5.41, 5.74) is 2.38. The molecule has 0 aliphatic carbocycles. The van der Waals surface area contributed by atoms with Gasteiger partial charge in [-0.3, -0.25) is 0 Å². The summed E-state index contributed by atoms with van der Waals surface area (Å²) in [5.74, 6) is -0.188. The van der Waals surface area contributed by atoms with Gasteiger partial charge in [0.2, 0.25) is 0 Å². The maximum atomic E-state index is 13.1. The molecule has 0 nitrogen and oxygen atoms in total. The van der Waals surface area contributed by atoms with Crippen LogP contribution in [0.2, 0.25) is 0 Å². The van der Waals surface area contributed by atoms with Crippen molar-refractivity contribution in [1.29, 1.82) is 0 Å². The molecule has 4 heteroatoms. The van der Waals surface area contributed by atoms with Crippen LogP contribution in [-0.4, -0.2) is 0 Å². The smallest absolute Gasteiger partial charge is 0.124 e. The lowest BCUT2D eigenvalue weighted by Crippen LogP contribution is -1.98. The first kappa shape index (κ1) is 14.5. The zero-order valence-corrected chi connectivity index (χ0v) is 14.7. The largest absolute Gasteiger partial charge is 0.207 e. The van der Waals surface area contributed by atoms with E-state index in [0.717, 1.165) is 20.0 Å². The van der Waals surface area contributed by atoms with E-state index in [1.165, 1.54) is 11.6 Å². The van der Waals surface area contributed by atoms with Crippen LogP contribution in [0, 0.1) is 9.39 Å². The Morgan fingerprint density at radius 3 is 2.39 bits per heavy atom. The highest BCUT2D eigenvalue weighted by Crippen LogP contribution is 2.31. The van der Waals surface area contributed by atoms with Gasteiger partial charge in [0.1, 0.15) is 5.82 Å². The predicted octanol–water partition coefficient (Wildman–Crippen LogP) is 5.87. The lowest BCUT2D eigenvalue weighted by atomic mass is 10.0. The minimum atomic E-state index is -0.188. The van der Waals surface area contributed by atoms with Crippen molar-refractivity contribution in [3.05, 3.63) is 67.5 Å². The first-order chi connectivity index (χ1) is 8.56. The molecule has 0 aliphatic heterocycles. The molecule has 0 aliphatic rings. The number of halogens is 4. The quantitative estimate of drug-likeness (QED) is 0.378. The van der Waals surface area contributed by atoms with Gasteiger partial charge in [0, 0.05) is 12.9 Å². The minimum absolute atomic E-state index is 0.188. The van der Waals surface area contributed by atoms with Crippen molar-refractivity contribution in [3.63, 3.8) is 0 Å². The van der Waals surface area contributed by atoms with Crippen molar-refractivity contribution < 1.29 is 4.39 Å². The highest BCUT2D eigenvalue weighted by molar-refractivity contribution is 14.1. The summed E-state index contributed by atoms with van der Waals surface area (Å²) in [4.78, 5) is 0.200. The monoisotopic (exact) mass is 482 g/mol. The average Bonchev–Trinajstić information content (AvgIpc) is 2.32. The SMILES string of the molecule is Fc1ccc(C(Br)Cc2ccc(Br)cc2)c(I)c1. The van der Waals surface area contributed by atoms with E-state index in [4.69, 9.17) is 0 Å². The summed E-state index contributed by atoms with van der Waals surface area (Å²) in [7, 11) is 0. The summed E-state index contributed by atoms with van der Waals surface area (Å²) in [6.45, 7) is 0. The molecule has 2 rings (SSSR count). The lowest BCUT2D eigenvalue weighted by Gasteiger charge is -2.12. The highest BCUT2D eigenvalue weighted by atomic mass is 127. The molecular weight excluding hydrogens is 474 g/mol. The maximum absolute atomic E-state index is 13.1. The third-order valence-corrected chi connectivity index (χ3v) is 4.91. The molecule has 2 aromatic carbocycles. The van der Waals surface area contributed by atoms with Gasteiger partial charge in [0.05, 0.1) is 0 Å². The van der Waals surface area contributed by atoms with Crippen LogP contribution in [0.15, 0.2) is 46.9 Å². The average molecular weight is 484 g/mol. The van der Waals surface area contributed by atoms with Gasteiger partial charge in [-0.15, -0.1) is 0 Å². The van der Waals surface area contributed by atoms with Crippen LogP contribution in [0.5, 0.6) is 0 Å². The Balaban J connectivity index is 2.16. The Labute approximate surface area is 136 Å². The van der Waals surface area contributed by atoms with E-state index < -0.39 is 0 Å². The summed E-state index contributed by atoms with van der Waals surface area (Å²) in [6.07, 6.45) is 0.884. The second kappa shape index (κ2) is 6.48. The van der Waals surface area contributed by atoms with Gasteiger partial charge >= 0.3 is 0 Å². The van der Waals surface area contributed by atoms with E-state index in [1.807, 2.05) is 18.2 Å². The zero-order chi connectivity index (χ0) is 13.1. The molecule has 0 saturated heterocycles. The molecule has 94 valence electrons. The predicted molar refractivity (Wildman–Crippen MR) is 88.6 cm³/mol. The first-order valence-corrected chi connectivity index (χ1v) is 8.18. The van der Waals surface area contributed by atoms with Crippen LogP contribution < -0.4 is 0 Å². The molecule has 18 heavy (non-hydrogen) atoms. The van der Waals surface area contributed by atoms with Crippen LogP contribution in [-0.2, 0) is 6.42 Å². The van der Waals surface area contributed by atoms with E-state index in [1.54, 1.807) is 6.07 Å². The third-order valence-electron chi connectivity index (χ3n) is 2.63. The van der Waals surface area contributed by atoms with E-state index >= 15 is 0 Å². The number of benzene rings is 2. The van der Waals surface area contributed by atoms with Crippen molar-refractivity contribution in [1.82, 2.24) is 0 Å². The van der Waals surface area contributed by atoms with Crippen molar-refractivity contribution in [2.75, 3.05) is 0 Å². The zero-order valence-electron chi connectivity index (χ0n) is 9.34. The molecule has 1 atom stereocenters. The van der Waals surface area contributed by atoms with Crippen LogP contribution in [0.1, 0.15) is 16.0 Å². The number of hydrogen-bond acceptors (Lipinski definition) is 0. The molecule has 0 saturated carbocycles. The number of alkyl halides is 1. The molecule has 1 unspecified atom stereocenters. The van der Waals surface area contributed by atoms with Crippen LogP contribution in [0.3, 0.4) is 0 Å². The summed E-state index contributed by atoms with van der Waals surface area (Å²) < 4.78 is 15.1. The van der Waals surface area contributed by atoms with Crippen molar-refractivity contribution >= 4 is 54.5 Å². The lowest BCUT2D eigenvalue weighted by molar-refractivity contribution is 0.625. The Hall–Kier alpha value is 0.0600. The number of hydrogen-bond donors (Lipinski definition) is 0. The van der Waals surface area contributed by atoms with Gasteiger partial charge in [0.15, 0.2) is 0 Å². The Bertz CT molecular complexity index is 540. The molecule has 0 radical (unpaired) electrons. The maximum Gasteiger partial charge on any atom is 0.124 e. The van der Waals surface area contributed by atoms with E-state index in [2.05, 4.69) is 66.6 Å². The standard InChI is InChI=1S/C14H10Br2FI/c15-10-3-1-9(2-4-10)7-13(16)12-6-5-11(17)8-14(12)18/h1-6,8,13H,7H2. The number of rotatable bonds is 3. The molecule has 0 aromatic heterocycles. The van der Waals surface area contributed by atoms with Crippen molar-refractivity contribution in [2.24, 2.45) is 0 Å². The highest BCUT2D eigenvalue weighted by Gasteiger charge is 2.12. The molecule has 0 N–H and O–H groups in total. The van der Waals surface area contributed by atoms with E-state index in [9.17, 15) is 4.39 Å². The van der Waals surface area contributed by atoms with E-state index in [-0.39, 0.29) is 10.6 Å². The molecule has 0 fully saturated rings. The van der Waals surface area contributed by atoms with Crippen LogP contribution in [0.4, 0.5) is 4.39 Å². The molecule has 2 aromatic rings. The summed E-state index contributed by atoms with van der Waals surface area (Å²) >= 11 is 9.27. The van der Waals surface area contributed by atoms with Gasteiger partial charge in [-0.25, -0.2) is 4.39 Å². The third kappa shape index (κ3) is 3.78. The Kier molecular flexibility index (Phi) is 5.21. The fraction of sp³-hybridized carbons (Fsp3) is 0.143. The van der Waals surface area contributed by atoms with Gasteiger partial charge in [-0.2, -0.15) is 0 Å². The molecule has 0 spiro atoms. The summed E-state index contributed by atoms with van der Waals surface area (Å²) in [6, 6.07) is 13.2. The van der Waals surface area contributed by atoms with Gasteiger partial charge in [-0.05, 0) is 64.4 Å². The van der Waals surface area contributed by atoms with Gasteiger partial charge < -0.3 is 0 Å². The molecular formula is C14H10Br2FI. The fourth-order valence-corrected chi connectivity index (χ4v) is 4.01. The van der Waals surface area contributed by atoms with E-state index in [0.29, 0.717) is 0 Å². The minimum Gasteiger partial charge on any atom is -0.207 e. The van der Waals surface area contributed by atoms with Crippen molar-refractivity contribution in [2.45, 2.75) is 11.2 Å². The summed E-state index contributed by atoms with van der Waals surface area (Å²) in [5, 5.41) is 0. The Morgan fingerprint density at radius 2 is 1.78 bits per heavy atom. The normalized spacial score (nSPS) is 12.4. The fourth-order valence-electron chi connectivity index (χ4n) is 1.69. The second-order valence-corrected chi connectivity index (χ2v) is 7.15. The molecule has 0 heterocycles. The molecule has 0 bridgehead atoms. The van der Waals surface area contributed by atoms with Gasteiger partial charge in [-0.1, -0.05) is 50.1 Å². The first-order valence-electron chi connectivity index (χ1n) is 5.40. The Morgan fingerprint density at radius 1 is 1.11 bits per heavy atom. The second-order valence-electron chi connectivity index (χ2n) is 3.96. The van der Waals surface area contributed by atoms with Crippen LogP contribution >= 0.6 is 54.5 Å². The van der Waals surface area contributed by atoms with Crippen molar-refractivity contribution in [3.8, 4) is 0 Å².